The molecule has 7 nitrogen and oxygen atoms in total. The highest BCUT2D eigenvalue weighted by Crippen LogP contribution is 2.30. The van der Waals surface area contributed by atoms with E-state index in [1.54, 1.807) is 19.2 Å². The molecule has 3 rings (SSSR count). The molecule has 186 valence electrons. The van der Waals surface area contributed by atoms with Crippen molar-refractivity contribution in [3.63, 3.8) is 0 Å². The van der Waals surface area contributed by atoms with Crippen molar-refractivity contribution in [3.05, 3.63) is 87.6 Å². The van der Waals surface area contributed by atoms with Crippen LogP contribution in [-0.2, 0) is 5.41 Å². The van der Waals surface area contributed by atoms with E-state index in [0.29, 0.717) is 23.6 Å². The summed E-state index contributed by atoms with van der Waals surface area (Å²) in [5.41, 5.74) is 0.162. The van der Waals surface area contributed by atoms with Gasteiger partial charge in [-0.2, -0.15) is 0 Å². The lowest BCUT2D eigenvalue weighted by Gasteiger charge is -2.25. The quantitative estimate of drug-likeness (QED) is 0.470. The van der Waals surface area contributed by atoms with Crippen LogP contribution < -0.4 is 20.3 Å². The van der Waals surface area contributed by atoms with Gasteiger partial charge in [0.25, 0.3) is 11.5 Å². The molecule has 0 fully saturated rings. The first-order chi connectivity index (χ1) is 16.4. The Hall–Kier alpha value is -3.82. The molecule has 2 N–H and O–H groups in total. The van der Waals surface area contributed by atoms with Gasteiger partial charge in [-0.05, 0) is 55.7 Å². The van der Waals surface area contributed by atoms with Gasteiger partial charge in [0, 0.05) is 11.5 Å². The maximum Gasteiger partial charge on any atom is 0.573 e. The number of hydrogen-bond acceptors (Lipinski definition) is 5. The van der Waals surface area contributed by atoms with E-state index in [1.807, 2.05) is 32.9 Å². The molecule has 35 heavy (non-hydrogen) atoms. The normalized spacial score (nSPS) is 12.7. The average Bonchev–Trinajstić information content (AvgIpc) is 2.81. The number of amides is 1. The number of ether oxygens (including phenoxy) is 2. The number of aromatic nitrogens is 2. The molecule has 0 saturated carbocycles. The number of carbonyl (C=O) groups is 1. The van der Waals surface area contributed by atoms with Crippen LogP contribution in [0.25, 0.3) is 0 Å². The Morgan fingerprint density at radius 1 is 1.06 bits per heavy atom. The summed E-state index contributed by atoms with van der Waals surface area (Å²) in [6, 6.07) is 13.1. The van der Waals surface area contributed by atoms with Crippen LogP contribution >= 0.6 is 0 Å². The zero-order valence-electron chi connectivity index (χ0n) is 19.7. The molecule has 1 aromatic heterocycles. The van der Waals surface area contributed by atoms with Crippen LogP contribution in [-0.4, -0.2) is 29.3 Å². The summed E-state index contributed by atoms with van der Waals surface area (Å²) in [5, 5.41) is 2.79. The number of nitrogens with one attached hydrogen (secondary N) is 2. The van der Waals surface area contributed by atoms with Crippen molar-refractivity contribution in [2.45, 2.75) is 45.0 Å². The Bertz CT molecular complexity index is 1220. The van der Waals surface area contributed by atoms with Gasteiger partial charge in [0.2, 0.25) is 0 Å². The Morgan fingerprint density at radius 2 is 1.66 bits per heavy atom. The topological polar surface area (TPSA) is 93.3 Å². The molecule has 1 unspecified atom stereocenters. The summed E-state index contributed by atoms with van der Waals surface area (Å²) in [6.45, 7) is 5.55. The number of carbonyl (C=O) groups excluding carboxylic acids is 1. The third kappa shape index (κ3) is 6.40. The highest BCUT2D eigenvalue weighted by Gasteiger charge is 2.31. The van der Waals surface area contributed by atoms with Crippen molar-refractivity contribution in [3.8, 4) is 11.5 Å². The molecule has 10 heteroatoms. The first kappa shape index (κ1) is 25.8. The van der Waals surface area contributed by atoms with Crippen LogP contribution in [0.4, 0.5) is 13.2 Å². The number of benzene rings is 2. The van der Waals surface area contributed by atoms with E-state index in [4.69, 9.17) is 4.74 Å². The lowest BCUT2D eigenvalue weighted by molar-refractivity contribution is -0.274. The first-order valence-corrected chi connectivity index (χ1v) is 10.9. The minimum atomic E-state index is -4.79. The average molecular weight is 489 g/mol. The van der Waals surface area contributed by atoms with E-state index < -0.39 is 29.3 Å². The fourth-order valence-electron chi connectivity index (χ4n) is 3.57. The van der Waals surface area contributed by atoms with Gasteiger partial charge in [0.05, 0.1) is 13.2 Å². The minimum absolute atomic E-state index is 0.0687. The standard InChI is InChI=1S/C25H26F3N3O4/c1-5-19(15-6-10-18(11-7-15)35-25(26,27)28)29-22(33)20-14-21(32)31-23(30-20)24(2,3)16-8-12-17(34-4)13-9-16/h6-14,19H,5H2,1-4H3,(H,29,33)(H,30,31,32). The molecule has 2 aromatic carbocycles. The van der Waals surface area contributed by atoms with Gasteiger partial charge in [-0.1, -0.05) is 31.2 Å². The number of alkyl halides is 3. The fourth-order valence-corrected chi connectivity index (χ4v) is 3.57. The number of H-pyrrole nitrogens is 1. The summed E-state index contributed by atoms with van der Waals surface area (Å²) < 4.78 is 46.3. The molecule has 0 aliphatic carbocycles. The number of rotatable bonds is 8. The SMILES string of the molecule is CCC(NC(=O)c1cc(=O)[nH]c(C(C)(C)c2ccc(OC)cc2)n1)c1ccc(OC(F)(F)F)cc1. The van der Waals surface area contributed by atoms with Crippen molar-refractivity contribution in [1.29, 1.82) is 0 Å². The van der Waals surface area contributed by atoms with Gasteiger partial charge in [0.1, 0.15) is 23.0 Å². The van der Waals surface area contributed by atoms with Crippen LogP contribution in [0.3, 0.4) is 0 Å². The molecular formula is C25H26F3N3O4. The molecule has 0 aliphatic heterocycles. The number of hydrogen-bond donors (Lipinski definition) is 2. The molecule has 0 saturated heterocycles. The summed E-state index contributed by atoms with van der Waals surface area (Å²) in [5.74, 6) is 0.0548. The highest BCUT2D eigenvalue weighted by molar-refractivity contribution is 5.92. The number of halogens is 3. The number of methoxy groups -OCH3 is 1. The second-order valence-electron chi connectivity index (χ2n) is 8.38. The summed E-state index contributed by atoms with van der Waals surface area (Å²) >= 11 is 0. The van der Waals surface area contributed by atoms with Crippen molar-refractivity contribution in [2.24, 2.45) is 0 Å². The lowest BCUT2D eigenvalue weighted by atomic mass is 9.83. The van der Waals surface area contributed by atoms with Gasteiger partial charge >= 0.3 is 6.36 Å². The van der Waals surface area contributed by atoms with Crippen LogP contribution in [0, 0.1) is 0 Å². The summed E-state index contributed by atoms with van der Waals surface area (Å²) in [4.78, 5) is 32.5. The zero-order chi connectivity index (χ0) is 25.8. The Balaban J connectivity index is 1.83. The molecular weight excluding hydrogens is 463 g/mol. The predicted octanol–water partition coefficient (Wildman–Crippen LogP) is 4.88. The van der Waals surface area contributed by atoms with Crippen molar-refractivity contribution in [2.75, 3.05) is 7.11 Å². The van der Waals surface area contributed by atoms with Crippen LogP contribution in [0.15, 0.2) is 59.4 Å². The predicted molar refractivity (Wildman–Crippen MR) is 124 cm³/mol. The molecule has 0 bridgehead atoms. The number of nitrogens with zero attached hydrogens (tertiary/aromatic N) is 1. The Kier molecular flexibility index (Phi) is 7.52. The van der Waals surface area contributed by atoms with Crippen LogP contribution in [0.2, 0.25) is 0 Å². The monoisotopic (exact) mass is 489 g/mol. The second kappa shape index (κ2) is 10.2. The summed E-state index contributed by atoms with van der Waals surface area (Å²) in [6.07, 6.45) is -4.33. The van der Waals surface area contributed by atoms with Gasteiger partial charge in [0.15, 0.2) is 0 Å². The second-order valence-corrected chi connectivity index (χ2v) is 8.38. The van der Waals surface area contributed by atoms with Crippen molar-refractivity contribution in [1.82, 2.24) is 15.3 Å². The highest BCUT2D eigenvalue weighted by atomic mass is 19.4. The Labute approximate surface area is 200 Å². The largest absolute Gasteiger partial charge is 0.573 e. The summed E-state index contributed by atoms with van der Waals surface area (Å²) in [7, 11) is 1.56. The number of aromatic amines is 1. The molecule has 0 radical (unpaired) electrons. The molecule has 1 heterocycles. The van der Waals surface area contributed by atoms with E-state index in [1.165, 1.54) is 24.3 Å². The maximum atomic E-state index is 13.0. The zero-order valence-corrected chi connectivity index (χ0v) is 19.7. The third-order valence-electron chi connectivity index (χ3n) is 5.61. The fraction of sp³-hybridized carbons (Fsp3) is 0.320. The molecule has 0 spiro atoms. The van der Waals surface area contributed by atoms with E-state index >= 15 is 0 Å². The molecule has 1 amide bonds. The van der Waals surface area contributed by atoms with Crippen molar-refractivity contribution >= 4 is 5.91 Å². The van der Waals surface area contributed by atoms with E-state index in [9.17, 15) is 22.8 Å². The Morgan fingerprint density at radius 3 is 2.20 bits per heavy atom. The molecule has 3 aromatic rings. The van der Waals surface area contributed by atoms with Crippen LogP contribution in [0.5, 0.6) is 11.5 Å². The lowest BCUT2D eigenvalue weighted by Crippen LogP contribution is -2.33. The van der Waals surface area contributed by atoms with Gasteiger partial charge in [-0.3, -0.25) is 9.59 Å². The van der Waals surface area contributed by atoms with Gasteiger partial charge < -0.3 is 19.8 Å². The van der Waals surface area contributed by atoms with Gasteiger partial charge in [-0.25, -0.2) is 4.98 Å². The molecule has 1 atom stereocenters. The van der Waals surface area contributed by atoms with Crippen LogP contribution in [0.1, 0.15) is 60.7 Å². The smallest absolute Gasteiger partial charge is 0.497 e. The first-order valence-electron chi connectivity index (χ1n) is 10.9. The molecule has 0 aliphatic rings. The van der Waals surface area contributed by atoms with Crippen molar-refractivity contribution < 1.29 is 27.4 Å². The van der Waals surface area contributed by atoms with Gasteiger partial charge in [-0.15, -0.1) is 13.2 Å². The van der Waals surface area contributed by atoms with E-state index in [2.05, 4.69) is 20.0 Å². The third-order valence-corrected chi connectivity index (χ3v) is 5.61. The maximum absolute atomic E-state index is 13.0. The van der Waals surface area contributed by atoms with E-state index in [-0.39, 0.29) is 11.4 Å². The minimum Gasteiger partial charge on any atom is -0.497 e. The van der Waals surface area contributed by atoms with E-state index in [0.717, 1.165) is 11.6 Å².